The Morgan fingerprint density at radius 2 is 2.00 bits per heavy atom. The molecular weight excluding hydrogens is 338 g/mol. The maximum atomic E-state index is 11.0. The van der Waals surface area contributed by atoms with Gasteiger partial charge in [-0.1, -0.05) is 66.7 Å². The van der Waals surface area contributed by atoms with Crippen molar-refractivity contribution in [3.63, 3.8) is 0 Å². The van der Waals surface area contributed by atoms with E-state index in [0.717, 1.165) is 19.3 Å². The monoisotopic (exact) mass is 371 g/mol. The zero-order chi connectivity index (χ0) is 19.7. The molecule has 1 unspecified atom stereocenters. The summed E-state index contributed by atoms with van der Waals surface area (Å²) < 4.78 is 0. The molecule has 1 aliphatic rings. The number of nitrogens with zero attached hydrogens (tertiary/aromatic N) is 1. The van der Waals surface area contributed by atoms with Gasteiger partial charge in [0.25, 0.3) is 0 Å². The normalized spacial score (nSPS) is 27.0. The van der Waals surface area contributed by atoms with Gasteiger partial charge in [0.2, 0.25) is 0 Å². The van der Waals surface area contributed by atoms with E-state index in [1.165, 1.54) is 5.56 Å². The summed E-state index contributed by atoms with van der Waals surface area (Å²) in [4.78, 5) is 0. The van der Waals surface area contributed by atoms with E-state index in [9.17, 15) is 15.4 Å². The Kier molecular flexibility index (Phi) is 8.26. The minimum Gasteiger partial charge on any atom is -0.411 e. The van der Waals surface area contributed by atoms with Crippen molar-refractivity contribution in [2.24, 2.45) is 17.0 Å². The van der Waals surface area contributed by atoms with Gasteiger partial charge in [-0.25, -0.2) is 0 Å². The van der Waals surface area contributed by atoms with Crippen LogP contribution in [-0.4, -0.2) is 32.8 Å². The zero-order valence-corrected chi connectivity index (χ0v) is 16.5. The average Bonchev–Trinajstić information content (AvgIpc) is 3.00. The quantitative estimate of drug-likeness (QED) is 0.340. The minimum atomic E-state index is -0.881. The summed E-state index contributed by atoms with van der Waals surface area (Å²) in [5, 5.41) is 34.0. The summed E-state index contributed by atoms with van der Waals surface area (Å²) in [5.41, 5.74) is 0.990. The molecule has 1 saturated carbocycles. The molecule has 0 aliphatic heterocycles. The summed E-state index contributed by atoms with van der Waals surface area (Å²) in [6.45, 7) is 3.94. The highest BCUT2D eigenvalue weighted by Gasteiger charge is 2.38. The number of rotatable bonds is 9. The first kappa shape index (κ1) is 21.4. The molecule has 4 atom stereocenters. The molecule has 0 bridgehead atoms. The smallest absolute Gasteiger partial charge is 0.0825 e. The van der Waals surface area contributed by atoms with Gasteiger partial charge < -0.3 is 15.4 Å². The Morgan fingerprint density at radius 3 is 2.63 bits per heavy atom. The van der Waals surface area contributed by atoms with Crippen LogP contribution in [0.2, 0.25) is 0 Å². The van der Waals surface area contributed by atoms with Crippen molar-refractivity contribution >= 4 is 5.71 Å². The summed E-state index contributed by atoms with van der Waals surface area (Å²) in [6.07, 6.45) is 11.5. The lowest BCUT2D eigenvalue weighted by atomic mass is 9.86. The molecular formula is C23H33NO3. The van der Waals surface area contributed by atoms with Gasteiger partial charge in [-0.15, -0.1) is 0 Å². The number of hydrogen-bond acceptors (Lipinski definition) is 4. The number of allylic oxidation sites excluding steroid dienone is 3. The van der Waals surface area contributed by atoms with Crippen LogP contribution in [0.1, 0.15) is 51.5 Å². The Labute approximate surface area is 162 Å². The van der Waals surface area contributed by atoms with Gasteiger partial charge in [0, 0.05) is 18.3 Å². The zero-order valence-electron chi connectivity index (χ0n) is 16.5. The summed E-state index contributed by atoms with van der Waals surface area (Å²) in [7, 11) is 0. The Morgan fingerprint density at radius 1 is 1.26 bits per heavy atom. The third kappa shape index (κ3) is 6.05. The van der Waals surface area contributed by atoms with Crippen LogP contribution in [0.25, 0.3) is 0 Å². The fraction of sp³-hybridized carbons (Fsp3) is 0.522. The van der Waals surface area contributed by atoms with Crippen LogP contribution in [-0.2, 0) is 6.42 Å². The van der Waals surface area contributed by atoms with E-state index >= 15 is 0 Å². The number of oxime groups is 1. The van der Waals surface area contributed by atoms with Crippen LogP contribution in [0, 0.1) is 11.8 Å². The fourth-order valence-electron chi connectivity index (χ4n) is 3.85. The lowest BCUT2D eigenvalue weighted by Gasteiger charge is -2.25. The van der Waals surface area contributed by atoms with E-state index < -0.39 is 11.7 Å². The topological polar surface area (TPSA) is 73.1 Å². The lowest BCUT2D eigenvalue weighted by molar-refractivity contribution is 0.0741. The maximum Gasteiger partial charge on any atom is 0.0825 e. The molecule has 1 aromatic carbocycles. The van der Waals surface area contributed by atoms with Crippen molar-refractivity contribution in [2.45, 2.75) is 64.1 Å². The molecule has 27 heavy (non-hydrogen) atoms. The second-order valence-corrected chi connectivity index (χ2v) is 7.51. The number of benzene rings is 1. The molecule has 0 saturated heterocycles. The maximum absolute atomic E-state index is 11.0. The van der Waals surface area contributed by atoms with Crippen LogP contribution in [0.15, 0.2) is 59.8 Å². The van der Waals surface area contributed by atoms with E-state index in [2.05, 4.69) is 17.3 Å². The third-order valence-electron chi connectivity index (χ3n) is 5.67. The van der Waals surface area contributed by atoms with Crippen molar-refractivity contribution in [3.8, 4) is 0 Å². The van der Waals surface area contributed by atoms with Gasteiger partial charge in [-0.3, -0.25) is 0 Å². The molecule has 2 rings (SSSR count). The fourth-order valence-corrected chi connectivity index (χ4v) is 3.85. The van der Waals surface area contributed by atoms with Gasteiger partial charge in [0.15, 0.2) is 0 Å². The molecule has 4 heteroatoms. The molecule has 1 aliphatic carbocycles. The minimum absolute atomic E-state index is 0.0197. The van der Waals surface area contributed by atoms with Crippen LogP contribution in [0.4, 0.5) is 0 Å². The molecule has 1 fully saturated rings. The molecule has 3 N–H and O–H groups in total. The number of aryl methyl sites for hydroxylation is 1. The first-order valence-electron chi connectivity index (χ1n) is 9.98. The Hall–Kier alpha value is -1.91. The summed E-state index contributed by atoms with van der Waals surface area (Å²) in [5.74, 6) is -0.165. The molecule has 0 radical (unpaired) electrons. The average molecular weight is 372 g/mol. The second-order valence-electron chi connectivity index (χ2n) is 7.51. The molecule has 0 heterocycles. The van der Waals surface area contributed by atoms with Crippen molar-refractivity contribution in [1.29, 1.82) is 0 Å². The summed E-state index contributed by atoms with van der Waals surface area (Å²) in [6, 6.07) is 10.3. The Balaban J connectivity index is 2.03. The number of aliphatic hydroxyl groups excluding tert-OH is 1. The van der Waals surface area contributed by atoms with E-state index in [-0.39, 0.29) is 11.8 Å². The van der Waals surface area contributed by atoms with Crippen LogP contribution < -0.4 is 0 Å². The second kappa shape index (κ2) is 10.4. The van der Waals surface area contributed by atoms with Crippen LogP contribution in [0.3, 0.4) is 0 Å². The van der Waals surface area contributed by atoms with Crippen molar-refractivity contribution in [2.75, 3.05) is 0 Å². The van der Waals surface area contributed by atoms with Gasteiger partial charge in [0.05, 0.1) is 17.4 Å². The molecule has 0 spiro atoms. The predicted octanol–water partition coefficient (Wildman–Crippen LogP) is 4.50. The van der Waals surface area contributed by atoms with Crippen molar-refractivity contribution in [3.05, 3.63) is 60.2 Å². The molecule has 0 amide bonds. The highest BCUT2D eigenvalue weighted by molar-refractivity contribution is 5.90. The van der Waals surface area contributed by atoms with Gasteiger partial charge in [-0.2, -0.15) is 0 Å². The summed E-state index contributed by atoms with van der Waals surface area (Å²) >= 11 is 0. The van der Waals surface area contributed by atoms with Gasteiger partial charge in [-0.05, 0) is 44.6 Å². The largest absolute Gasteiger partial charge is 0.411 e. The standard InChI is InChI=1S/C23H33NO3/c1-3-5-13-20-19(21(24-27)17-22(20)25)14-16-23(26,4-2)15-9-12-18-10-7-6-8-11-18/h3,5-8,10-11,14,16,19-20,22,25-27H,4,9,12-13,15,17H2,1-2H3/b5-3-,16-14+,24-21-/t19-,20-,22+,23?/m1/s1. The lowest BCUT2D eigenvalue weighted by Crippen LogP contribution is -2.26. The molecule has 1 aromatic rings. The third-order valence-corrected chi connectivity index (χ3v) is 5.67. The van der Waals surface area contributed by atoms with E-state index in [0.29, 0.717) is 25.0 Å². The number of aliphatic hydroxyl groups is 2. The van der Waals surface area contributed by atoms with Crippen molar-refractivity contribution in [1.82, 2.24) is 0 Å². The first-order valence-corrected chi connectivity index (χ1v) is 9.98. The first-order chi connectivity index (χ1) is 13.0. The number of hydrogen-bond donors (Lipinski definition) is 3. The molecule has 148 valence electrons. The SMILES string of the molecule is C/C=C\C[C@H]1[C@@H](O)C/C(=N/O)[C@@H]1/C=C/C(O)(CC)CCCc1ccccc1. The van der Waals surface area contributed by atoms with Crippen molar-refractivity contribution < 1.29 is 15.4 Å². The predicted molar refractivity (Wildman–Crippen MR) is 110 cm³/mol. The van der Waals surface area contributed by atoms with Crippen LogP contribution >= 0.6 is 0 Å². The van der Waals surface area contributed by atoms with Gasteiger partial charge in [0.1, 0.15) is 0 Å². The van der Waals surface area contributed by atoms with Crippen LogP contribution in [0.5, 0.6) is 0 Å². The molecule has 4 nitrogen and oxygen atoms in total. The van der Waals surface area contributed by atoms with E-state index in [4.69, 9.17) is 0 Å². The van der Waals surface area contributed by atoms with E-state index in [1.54, 1.807) is 0 Å². The highest BCUT2D eigenvalue weighted by atomic mass is 16.4. The van der Waals surface area contributed by atoms with E-state index in [1.807, 2.05) is 56.4 Å². The Bertz CT molecular complexity index is 653. The molecule has 0 aromatic heterocycles. The highest BCUT2D eigenvalue weighted by Crippen LogP contribution is 2.35. The van der Waals surface area contributed by atoms with Gasteiger partial charge >= 0.3 is 0 Å².